The van der Waals surface area contributed by atoms with Gasteiger partial charge in [-0.05, 0) is 12.8 Å². The SMILES string of the molecule is CCCCCCCCCCCCCCCCCCCCCCCCCCCCCC(=O)NC(COP(=O)([O-])OCC[N+](C)(C)C)C(O)CCCCCCCCCCC. The van der Waals surface area contributed by atoms with E-state index in [1.54, 1.807) is 0 Å². The molecule has 0 saturated heterocycles. The number of aliphatic hydroxyl groups is 1. The third kappa shape index (κ3) is 43.6. The van der Waals surface area contributed by atoms with E-state index in [1.165, 1.54) is 193 Å². The zero-order valence-corrected chi connectivity index (χ0v) is 40.4. The second-order valence-corrected chi connectivity index (χ2v) is 20.3. The zero-order chi connectivity index (χ0) is 42.8. The molecule has 1 amide bonds. The van der Waals surface area contributed by atoms with E-state index in [-0.39, 0.29) is 19.1 Å². The largest absolute Gasteiger partial charge is 0.756 e. The molecule has 0 bridgehead atoms. The van der Waals surface area contributed by atoms with Crippen LogP contribution >= 0.6 is 7.82 Å². The van der Waals surface area contributed by atoms with Gasteiger partial charge < -0.3 is 28.8 Å². The van der Waals surface area contributed by atoms with Crippen LogP contribution in [0.3, 0.4) is 0 Å². The Balaban J connectivity index is 3.98. The number of carbonyl (C=O) groups excluding carboxylic acids is 1. The summed E-state index contributed by atoms with van der Waals surface area (Å²) in [5.74, 6) is -0.161. The van der Waals surface area contributed by atoms with Crippen molar-refractivity contribution in [1.29, 1.82) is 0 Å². The van der Waals surface area contributed by atoms with Crippen molar-refractivity contribution in [1.82, 2.24) is 5.32 Å². The summed E-state index contributed by atoms with van der Waals surface area (Å²) in [6, 6.07) is -0.792. The maximum atomic E-state index is 12.9. The molecule has 2 N–H and O–H groups in total. The Morgan fingerprint density at radius 1 is 0.534 bits per heavy atom. The molecular weight excluding hydrogens is 744 g/mol. The average molecular weight is 845 g/mol. The van der Waals surface area contributed by atoms with E-state index in [0.717, 1.165) is 38.5 Å². The fourth-order valence-electron chi connectivity index (χ4n) is 7.81. The topological polar surface area (TPSA) is 108 Å². The minimum absolute atomic E-state index is 0.0158. The Morgan fingerprint density at radius 3 is 1.17 bits per heavy atom. The van der Waals surface area contributed by atoms with Crippen LogP contribution in [0.5, 0.6) is 0 Å². The molecule has 0 aromatic carbocycles. The van der Waals surface area contributed by atoms with E-state index in [1.807, 2.05) is 21.1 Å². The number of nitrogens with zero attached hydrogens (tertiary/aromatic N) is 1. The second kappa shape index (κ2) is 41.8. The molecule has 0 aromatic rings. The first-order valence-corrected chi connectivity index (χ1v) is 26.8. The smallest absolute Gasteiger partial charge is 0.268 e. The number of aliphatic hydroxyl groups excluding tert-OH is 1. The Kier molecular flexibility index (Phi) is 41.5. The highest BCUT2D eigenvalue weighted by atomic mass is 31.2. The fraction of sp³-hybridized carbons (Fsp3) is 0.980. The number of amides is 1. The molecule has 348 valence electrons. The van der Waals surface area contributed by atoms with Gasteiger partial charge in [-0.15, -0.1) is 0 Å². The van der Waals surface area contributed by atoms with Crippen molar-refractivity contribution in [3.63, 3.8) is 0 Å². The van der Waals surface area contributed by atoms with Crippen molar-refractivity contribution in [2.45, 2.75) is 270 Å². The van der Waals surface area contributed by atoms with Gasteiger partial charge in [0.15, 0.2) is 0 Å². The molecule has 58 heavy (non-hydrogen) atoms. The van der Waals surface area contributed by atoms with E-state index >= 15 is 0 Å². The van der Waals surface area contributed by atoms with Crippen molar-refractivity contribution >= 4 is 13.7 Å². The lowest BCUT2D eigenvalue weighted by molar-refractivity contribution is -0.870. The van der Waals surface area contributed by atoms with E-state index in [4.69, 9.17) is 9.05 Å². The number of phosphoric acid groups is 1. The molecule has 0 radical (unpaired) electrons. The normalized spacial score (nSPS) is 14.1. The van der Waals surface area contributed by atoms with Crippen LogP contribution < -0.4 is 10.2 Å². The number of hydrogen-bond acceptors (Lipinski definition) is 6. The first kappa shape index (κ1) is 57.5. The molecule has 0 aromatic heterocycles. The van der Waals surface area contributed by atoms with Gasteiger partial charge in [-0.2, -0.15) is 0 Å². The van der Waals surface area contributed by atoms with Crippen LogP contribution in [0.1, 0.15) is 258 Å². The van der Waals surface area contributed by atoms with Gasteiger partial charge in [-0.3, -0.25) is 9.36 Å². The van der Waals surface area contributed by atoms with Crippen molar-refractivity contribution in [2.24, 2.45) is 0 Å². The molecule has 0 saturated carbocycles. The van der Waals surface area contributed by atoms with Crippen LogP contribution in [0.4, 0.5) is 0 Å². The zero-order valence-electron chi connectivity index (χ0n) is 39.5. The molecule has 0 heterocycles. The molecule has 0 aliphatic carbocycles. The molecule has 8 nitrogen and oxygen atoms in total. The number of quaternary nitrogens is 1. The summed E-state index contributed by atoms with van der Waals surface area (Å²) in [6.45, 7) is 4.72. The number of likely N-dealkylation sites (N-methyl/N-ethyl adjacent to an activating group) is 1. The van der Waals surface area contributed by atoms with E-state index < -0.39 is 20.0 Å². The molecule has 0 rings (SSSR count). The number of phosphoric ester groups is 1. The van der Waals surface area contributed by atoms with Crippen molar-refractivity contribution < 1.29 is 32.9 Å². The van der Waals surface area contributed by atoms with Gasteiger partial charge in [0, 0.05) is 6.42 Å². The standard InChI is InChI=1S/C49H101N2O6P/c1-6-8-10-12-14-16-17-18-19-20-21-22-23-24-25-26-27-28-29-30-31-32-33-35-37-39-41-43-49(53)50-47(46-57-58(54,55)56-45-44-51(3,4)5)48(52)42-40-38-36-34-15-13-11-9-7-2/h47-48,52H,6-46H2,1-5H3,(H-,50,53,54,55). The van der Waals surface area contributed by atoms with Gasteiger partial charge in [0.05, 0.1) is 39.9 Å². The molecule has 0 fully saturated rings. The van der Waals surface area contributed by atoms with Gasteiger partial charge >= 0.3 is 0 Å². The van der Waals surface area contributed by atoms with Gasteiger partial charge in [0.1, 0.15) is 13.2 Å². The lowest BCUT2D eigenvalue weighted by Gasteiger charge is -2.30. The van der Waals surface area contributed by atoms with Crippen LogP contribution in [-0.4, -0.2) is 68.5 Å². The Hall–Kier alpha value is -0.500. The highest BCUT2D eigenvalue weighted by Crippen LogP contribution is 2.38. The third-order valence-electron chi connectivity index (χ3n) is 11.8. The van der Waals surface area contributed by atoms with Gasteiger partial charge in [-0.25, -0.2) is 0 Å². The number of unbranched alkanes of at least 4 members (excludes halogenated alkanes) is 34. The van der Waals surface area contributed by atoms with Crippen LogP contribution in [0, 0.1) is 0 Å². The minimum Gasteiger partial charge on any atom is -0.756 e. The summed E-state index contributed by atoms with van der Waals surface area (Å²) in [4.78, 5) is 25.3. The molecule has 3 unspecified atom stereocenters. The summed E-state index contributed by atoms with van der Waals surface area (Å²) in [6.07, 6.45) is 47.1. The van der Waals surface area contributed by atoms with Crippen molar-refractivity contribution in [2.75, 3.05) is 40.9 Å². The third-order valence-corrected chi connectivity index (χ3v) is 12.8. The Morgan fingerprint density at radius 2 is 0.845 bits per heavy atom. The van der Waals surface area contributed by atoms with Gasteiger partial charge in [-0.1, -0.05) is 239 Å². The lowest BCUT2D eigenvalue weighted by atomic mass is 10.0. The average Bonchev–Trinajstić information content (AvgIpc) is 3.17. The van der Waals surface area contributed by atoms with Crippen molar-refractivity contribution in [3.05, 3.63) is 0 Å². The summed E-state index contributed by atoms with van der Waals surface area (Å²) in [5, 5.41) is 13.9. The number of carbonyl (C=O) groups is 1. The number of hydrogen-bond donors (Lipinski definition) is 2. The summed E-state index contributed by atoms with van der Waals surface area (Å²) < 4.78 is 23.2. The van der Waals surface area contributed by atoms with Crippen LogP contribution in [-0.2, 0) is 18.4 Å². The molecule has 0 spiro atoms. The van der Waals surface area contributed by atoms with E-state index in [9.17, 15) is 19.4 Å². The number of nitrogens with one attached hydrogen (secondary N) is 1. The maximum Gasteiger partial charge on any atom is 0.268 e. The molecule has 3 atom stereocenters. The Labute approximate surface area is 361 Å². The van der Waals surface area contributed by atoms with Crippen LogP contribution in [0.25, 0.3) is 0 Å². The highest BCUT2D eigenvalue weighted by molar-refractivity contribution is 7.45. The second-order valence-electron chi connectivity index (χ2n) is 18.9. The predicted molar refractivity (Wildman–Crippen MR) is 247 cm³/mol. The first-order valence-electron chi connectivity index (χ1n) is 25.4. The monoisotopic (exact) mass is 845 g/mol. The predicted octanol–water partition coefficient (Wildman–Crippen LogP) is 13.9. The van der Waals surface area contributed by atoms with Crippen LogP contribution in [0.2, 0.25) is 0 Å². The molecule has 9 heteroatoms. The summed E-state index contributed by atoms with van der Waals surface area (Å²) in [5.41, 5.74) is 0. The Bertz CT molecular complexity index is 916. The van der Waals surface area contributed by atoms with Gasteiger partial charge in [0.2, 0.25) is 5.91 Å². The molecule has 0 aliphatic rings. The first-order chi connectivity index (χ1) is 28.0. The van der Waals surface area contributed by atoms with Crippen LogP contribution in [0.15, 0.2) is 0 Å². The molecular formula is C49H101N2O6P. The number of rotatable bonds is 47. The van der Waals surface area contributed by atoms with E-state index in [2.05, 4.69) is 19.2 Å². The van der Waals surface area contributed by atoms with Gasteiger partial charge in [0.25, 0.3) is 7.82 Å². The minimum atomic E-state index is -4.55. The lowest BCUT2D eigenvalue weighted by Crippen LogP contribution is -2.46. The van der Waals surface area contributed by atoms with E-state index in [0.29, 0.717) is 23.9 Å². The van der Waals surface area contributed by atoms with Crippen molar-refractivity contribution in [3.8, 4) is 0 Å². The quantitative estimate of drug-likeness (QED) is 0.0359. The summed E-state index contributed by atoms with van der Waals surface area (Å²) >= 11 is 0. The maximum absolute atomic E-state index is 12.9. The fourth-order valence-corrected chi connectivity index (χ4v) is 8.53. The highest BCUT2D eigenvalue weighted by Gasteiger charge is 2.24. The molecule has 0 aliphatic heterocycles. The summed E-state index contributed by atoms with van der Waals surface area (Å²) in [7, 11) is 1.32.